The molecule has 4 aromatic rings. The Morgan fingerprint density at radius 2 is 0.982 bits per heavy atom. The number of terminal acetylenes is 2. The Morgan fingerprint density at radius 1 is 0.655 bits per heavy atom. The van der Waals surface area contributed by atoms with Crippen molar-refractivity contribution in [3.63, 3.8) is 0 Å². The largest absolute Gasteiger partial charge is 0.550 e. The zero-order valence-corrected chi connectivity index (χ0v) is 33.7. The van der Waals surface area contributed by atoms with Gasteiger partial charge in [-0.3, -0.25) is 0 Å². The smallest absolute Gasteiger partial charge is 0.164 e. The number of carboxylic acids is 2. The van der Waals surface area contributed by atoms with Crippen molar-refractivity contribution in [3.05, 3.63) is 96.1 Å². The monoisotopic (exact) mass is 772 g/mol. The van der Waals surface area contributed by atoms with Crippen LogP contribution in [0.25, 0.3) is 21.5 Å². The van der Waals surface area contributed by atoms with E-state index in [9.17, 15) is 19.8 Å². The summed E-state index contributed by atoms with van der Waals surface area (Å²) in [6, 6.07) is 30.4. The van der Waals surface area contributed by atoms with E-state index in [1.54, 1.807) is 27.7 Å². The predicted octanol–water partition coefficient (Wildman–Crippen LogP) is 3.74. The molecule has 0 aliphatic carbocycles. The molecule has 0 saturated carbocycles. The van der Waals surface area contributed by atoms with Crippen molar-refractivity contribution < 1.29 is 50.2 Å². The second-order valence-electron chi connectivity index (χ2n) is 14.4. The Hall–Kier alpha value is -4.43. The number of carbonyl (C=O) groups excluding carboxylic acids is 2. The summed E-state index contributed by atoms with van der Waals surface area (Å²) < 4.78 is 21.5. The molecule has 296 valence electrons. The first-order chi connectivity index (χ1) is 25.4. The van der Waals surface area contributed by atoms with Gasteiger partial charge < -0.3 is 50.2 Å². The minimum atomic E-state index is -1.14. The third-order valence-electron chi connectivity index (χ3n) is 8.58. The number of fused-ring (bicyclic) bond motifs is 2. The second kappa shape index (κ2) is 21.6. The number of quaternary nitrogens is 2. The maximum Gasteiger partial charge on any atom is 0.164 e. The molecular formula is C44H56N2O8S. The minimum Gasteiger partial charge on any atom is -0.550 e. The van der Waals surface area contributed by atoms with Gasteiger partial charge >= 0.3 is 0 Å². The van der Waals surface area contributed by atoms with Crippen LogP contribution < -0.4 is 21.7 Å². The fraction of sp³-hybridized carbons (Fsp3) is 0.409. The van der Waals surface area contributed by atoms with Crippen LogP contribution in [-0.2, 0) is 28.5 Å². The third kappa shape index (κ3) is 15.3. The number of hydrogen-bond donors (Lipinski definition) is 2. The van der Waals surface area contributed by atoms with Crippen molar-refractivity contribution in [1.82, 2.24) is 0 Å². The Balaban J connectivity index is 0.000000252. The van der Waals surface area contributed by atoms with E-state index in [2.05, 4.69) is 122 Å². The van der Waals surface area contributed by atoms with Crippen LogP contribution in [0.1, 0.15) is 90.4 Å². The highest BCUT2D eigenvalue weighted by molar-refractivity contribution is 7.59. The van der Waals surface area contributed by atoms with Gasteiger partial charge in [0.2, 0.25) is 0 Å². The van der Waals surface area contributed by atoms with Gasteiger partial charge in [-0.15, -0.1) is 12.8 Å². The van der Waals surface area contributed by atoms with Crippen LogP contribution >= 0.6 is 13.5 Å². The topological polar surface area (TPSA) is 172 Å². The molecule has 2 aliphatic heterocycles. The Labute approximate surface area is 332 Å². The molecule has 2 aliphatic rings. The maximum atomic E-state index is 10.4. The van der Waals surface area contributed by atoms with Gasteiger partial charge in [0.25, 0.3) is 0 Å². The average Bonchev–Trinajstić information content (AvgIpc) is 3.09. The molecule has 6 N–H and O–H groups in total. The lowest BCUT2D eigenvalue weighted by atomic mass is 10.0. The highest BCUT2D eigenvalue weighted by atomic mass is 32.1. The minimum absolute atomic E-state index is 0. The quantitative estimate of drug-likeness (QED) is 0.279. The molecule has 4 aromatic carbocycles. The van der Waals surface area contributed by atoms with Gasteiger partial charge in [0.05, 0.1) is 12.2 Å². The summed E-state index contributed by atoms with van der Waals surface area (Å²) in [5.74, 6) is 0.975. The van der Waals surface area contributed by atoms with Crippen LogP contribution in [0.5, 0.6) is 0 Å². The zero-order chi connectivity index (χ0) is 40.1. The summed E-state index contributed by atoms with van der Waals surface area (Å²) in [4.78, 5) is 20.8. The zero-order valence-electron chi connectivity index (χ0n) is 32.7. The van der Waals surface area contributed by atoms with E-state index in [1.165, 1.54) is 32.7 Å². The van der Waals surface area contributed by atoms with Crippen LogP contribution in [0.2, 0.25) is 0 Å². The maximum absolute atomic E-state index is 10.4. The summed E-state index contributed by atoms with van der Waals surface area (Å²) >= 11 is 0. The highest BCUT2D eigenvalue weighted by Crippen LogP contribution is 2.29. The number of rotatable bonds is 6. The van der Waals surface area contributed by atoms with Crippen molar-refractivity contribution in [2.45, 2.75) is 115 Å². The summed E-state index contributed by atoms with van der Waals surface area (Å²) in [5, 5.41) is 26.0. The Kier molecular flexibility index (Phi) is 18.4. The highest BCUT2D eigenvalue weighted by Gasteiger charge is 2.35. The molecular weight excluding hydrogens is 717 g/mol. The van der Waals surface area contributed by atoms with E-state index in [1.807, 2.05) is 0 Å². The van der Waals surface area contributed by atoms with E-state index in [0.717, 1.165) is 0 Å². The van der Waals surface area contributed by atoms with E-state index < -0.39 is 35.7 Å². The van der Waals surface area contributed by atoms with Gasteiger partial charge in [0.1, 0.15) is 24.3 Å². The molecule has 0 aromatic heterocycles. The molecule has 0 unspecified atom stereocenters. The van der Waals surface area contributed by atoms with Crippen LogP contribution in [-0.4, -0.2) is 47.9 Å². The fourth-order valence-electron chi connectivity index (χ4n) is 6.40. The van der Waals surface area contributed by atoms with Crippen molar-refractivity contribution in [2.75, 3.05) is 0 Å². The second-order valence-corrected chi connectivity index (χ2v) is 14.4. The van der Waals surface area contributed by atoms with Gasteiger partial charge in [-0.1, -0.05) is 96.8 Å². The van der Waals surface area contributed by atoms with E-state index in [4.69, 9.17) is 31.8 Å². The van der Waals surface area contributed by atoms with E-state index in [0.29, 0.717) is 24.9 Å². The number of ether oxygens (including phenoxy) is 4. The average molecular weight is 773 g/mol. The first kappa shape index (κ1) is 46.7. The van der Waals surface area contributed by atoms with Crippen molar-refractivity contribution in [3.8, 4) is 24.7 Å². The molecule has 0 spiro atoms. The number of aliphatic carboxylic acids is 2. The third-order valence-corrected chi connectivity index (χ3v) is 8.58. The van der Waals surface area contributed by atoms with Crippen LogP contribution in [0.3, 0.4) is 0 Å². The SMILES string of the molecule is C#C[C@@H]1C[C@H](CC(=O)[O-])OC(C)(C)O1.C#C[C@@H]1C[C@H](CC(=O)[O-])OC(C)(C)O1.C[C@@H]([NH3+])c1cccc2ccccc12.C[C@@H]([NH3+])c1cccc2ccccc12.S. The molecule has 6 atom stereocenters. The fourth-order valence-corrected chi connectivity index (χ4v) is 6.40. The molecule has 6 rings (SSSR count). The molecule has 10 nitrogen and oxygen atoms in total. The molecule has 0 bridgehead atoms. The Morgan fingerprint density at radius 3 is 1.29 bits per heavy atom. The lowest BCUT2D eigenvalue weighted by Gasteiger charge is -2.39. The Bertz CT molecular complexity index is 1780. The number of carbonyl (C=O) groups is 2. The summed E-state index contributed by atoms with van der Waals surface area (Å²) in [5.41, 5.74) is 10.8. The van der Waals surface area contributed by atoms with Crippen LogP contribution in [0, 0.1) is 24.7 Å². The number of benzene rings is 4. The number of hydrogen-bond acceptors (Lipinski definition) is 8. The van der Waals surface area contributed by atoms with E-state index in [-0.39, 0.29) is 38.5 Å². The first-order valence-corrected chi connectivity index (χ1v) is 18.1. The standard InChI is InChI=1S/2C12H13N.2C10H14O4.H2S/c2*1-9(13)11-8-4-6-10-5-2-3-7-12(10)11;2*1-4-7-5-8(6-9(11)12)14-10(2,3)13-7;/h2*2-9H,13H2,1H3;2*1,7-8H,5-6H2,2-3H3,(H,11,12);1H2/t2*9-;2*7-,8-;/m1111./s1. The van der Waals surface area contributed by atoms with Gasteiger partial charge in [0, 0.05) is 48.7 Å². The molecule has 2 heterocycles. The molecule has 2 saturated heterocycles. The summed E-state index contributed by atoms with van der Waals surface area (Å²) in [6.45, 7) is 11.1. The van der Waals surface area contributed by atoms with E-state index >= 15 is 0 Å². The van der Waals surface area contributed by atoms with Crippen molar-refractivity contribution in [1.29, 1.82) is 0 Å². The lowest BCUT2D eigenvalue weighted by Crippen LogP contribution is -2.51. The molecule has 11 heteroatoms. The van der Waals surface area contributed by atoms with Crippen molar-refractivity contribution in [2.24, 2.45) is 0 Å². The molecule has 2 fully saturated rings. The van der Waals surface area contributed by atoms with Gasteiger partial charge in [0.15, 0.2) is 11.6 Å². The van der Waals surface area contributed by atoms with Crippen LogP contribution in [0.4, 0.5) is 0 Å². The number of carboxylic acid groups (broad SMARTS) is 2. The summed E-state index contributed by atoms with van der Waals surface area (Å²) in [6.07, 6.45) is 9.32. The predicted molar refractivity (Wildman–Crippen MR) is 215 cm³/mol. The van der Waals surface area contributed by atoms with Gasteiger partial charge in [-0.25, -0.2) is 0 Å². The summed E-state index contributed by atoms with van der Waals surface area (Å²) in [7, 11) is 0. The first-order valence-electron chi connectivity index (χ1n) is 18.1. The molecule has 0 radical (unpaired) electrons. The molecule has 55 heavy (non-hydrogen) atoms. The normalized spacial score (nSPS) is 21.8. The molecule has 0 amide bonds. The van der Waals surface area contributed by atoms with Crippen LogP contribution in [0.15, 0.2) is 84.9 Å². The van der Waals surface area contributed by atoms with Gasteiger partial charge in [-0.2, -0.15) is 13.5 Å². The van der Waals surface area contributed by atoms with Crippen molar-refractivity contribution >= 4 is 47.0 Å². The van der Waals surface area contributed by atoms with Gasteiger partial charge in [-0.05, 0) is 63.1 Å². The lowest BCUT2D eigenvalue weighted by molar-refractivity contribution is -0.420.